The first kappa shape index (κ1) is 12.5. The fourth-order valence-electron chi connectivity index (χ4n) is 1.39. The molecule has 0 unspecified atom stereocenters. The van der Waals surface area contributed by atoms with Gasteiger partial charge in [-0.25, -0.2) is 4.79 Å². The molecule has 1 amide bonds. The van der Waals surface area contributed by atoms with Crippen LogP contribution in [0.25, 0.3) is 0 Å². The molecule has 0 fully saturated rings. The van der Waals surface area contributed by atoms with Crippen molar-refractivity contribution in [3.05, 3.63) is 22.9 Å². The highest BCUT2D eigenvalue weighted by Gasteiger charge is 2.06. The summed E-state index contributed by atoms with van der Waals surface area (Å²) in [6.07, 6.45) is 4.14. The Morgan fingerprint density at radius 1 is 1.44 bits per heavy atom. The summed E-state index contributed by atoms with van der Waals surface area (Å²) in [4.78, 5) is 23.0. The van der Waals surface area contributed by atoms with Gasteiger partial charge in [-0.15, -0.1) is 0 Å². The summed E-state index contributed by atoms with van der Waals surface area (Å²) in [5.41, 5.74) is -0.180. The highest BCUT2D eigenvalue weighted by atomic mass is 16.3. The molecule has 1 rings (SSSR count). The van der Waals surface area contributed by atoms with E-state index in [1.165, 1.54) is 4.57 Å². The fraction of sp³-hybridized carbons (Fsp3) is 0.600. The molecule has 1 heterocycles. The van der Waals surface area contributed by atoms with Gasteiger partial charge in [0, 0.05) is 25.5 Å². The molecule has 0 aliphatic carbocycles. The standard InChI is InChI=1S/C10H17N3O3/c1-2-4-12-5-6-13(10(12)16)8-9(15)11-3-7-14/h5-6,14H,2-4,7-8H2,1H3,(H,11,15). The highest BCUT2D eigenvalue weighted by molar-refractivity contribution is 5.75. The molecule has 1 aromatic heterocycles. The van der Waals surface area contributed by atoms with Crippen molar-refractivity contribution >= 4 is 5.91 Å². The molecule has 1 aromatic rings. The smallest absolute Gasteiger partial charge is 0.328 e. The molecule has 0 aliphatic heterocycles. The van der Waals surface area contributed by atoms with Crippen molar-refractivity contribution in [3.8, 4) is 0 Å². The minimum atomic E-state index is -0.273. The lowest BCUT2D eigenvalue weighted by atomic mass is 10.5. The summed E-state index contributed by atoms with van der Waals surface area (Å²) in [5, 5.41) is 11.0. The zero-order valence-electron chi connectivity index (χ0n) is 9.35. The van der Waals surface area contributed by atoms with Crippen molar-refractivity contribution in [2.24, 2.45) is 0 Å². The molecule has 0 aromatic carbocycles. The predicted octanol–water partition coefficient (Wildman–Crippen LogP) is -0.832. The van der Waals surface area contributed by atoms with Crippen LogP contribution >= 0.6 is 0 Å². The number of amides is 1. The summed E-state index contributed by atoms with van der Waals surface area (Å²) in [6, 6.07) is 0. The zero-order valence-corrected chi connectivity index (χ0v) is 9.35. The van der Waals surface area contributed by atoms with Gasteiger partial charge in [-0.3, -0.25) is 13.9 Å². The number of aryl methyl sites for hydroxylation is 1. The molecule has 0 atom stereocenters. The summed E-state index contributed by atoms with van der Waals surface area (Å²) in [7, 11) is 0. The fourth-order valence-corrected chi connectivity index (χ4v) is 1.39. The van der Waals surface area contributed by atoms with Crippen molar-refractivity contribution < 1.29 is 9.90 Å². The molecular weight excluding hydrogens is 210 g/mol. The topological polar surface area (TPSA) is 76.3 Å². The van der Waals surface area contributed by atoms with Gasteiger partial charge in [-0.2, -0.15) is 0 Å². The van der Waals surface area contributed by atoms with Gasteiger partial charge in [-0.1, -0.05) is 6.92 Å². The second-order valence-corrected chi connectivity index (χ2v) is 3.48. The van der Waals surface area contributed by atoms with Crippen LogP contribution in [-0.2, 0) is 17.9 Å². The molecule has 0 bridgehead atoms. The van der Waals surface area contributed by atoms with Crippen molar-refractivity contribution in [2.75, 3.05) is 13.2 Å². The molecule has 6 nitrogen and oxygen atoms in total. The second kappa shape index (κ2) is 6.12. The van der Waals surface area contributed by atoms with Crippen LogP contribution in [0.3, 0.4) is 0 Å². The Morgan fingerprint density at radius 3 is 2.75 bits per heavy atom. The van der Waals surface area contributed by atoms with Crippen molar-refractivity contribution in [3.63, 3.8) is 0 Å². The predicted molar refractivity (Wildman–Crippen MR) is 59.1 cm³/mol. The Hall–Kier alpha value is -1.56. The van der Waals surface area contributed by atoms with Gasteiger partial charge in [0.15, 0.2) is 0 Å². The first-order valence-corrected chi connectivity index (χ1v) is 5.32. The average molecular weight is 227 g/mol. The minimum Gasteiger partial charge on any atom is -0.395 e. The van der Waals surface area contributed by atoms with Gasteiger partial charge in [0.05, 0.1) is 6.61 Å². The number of aliphatic hydroxyl groups is 1. The first-order valence-electron chi connectivity index (χ1n) is 5.32. The third-order valence-corrected chi connectivity index (χ3v) is 2.13. The molecule has 2 N–H and O–H groups in total. The van der Waals surface area contributed by atoms with Crippen molar-refractivity contribution in [1.82, 2.24) is 14.5 Å². The maximum Gasteiger partial charge on any atom is 0.328 e. The van der Waals surface area contributed by atoms with Crippen LogP contribution in [0.1, 0.15) is 13.3 Å². The molecule has 16 heavy (non-hydrogen) atoms. The molecule has 6 heteroatoms. The van der Waals surface area contributed by atoms with E-state index in [-0.39, 0.29) is 31.3 Å². The molecule has 0 spiro atoms. The third kappa shape index (κ3) is 3.23. The summed E-state index contributed by atoms with van der Waals surface area (Å²) in [5.74, 6) is -0.273. The van der Waals surface area contributed by atoms with E-state index in [1.807, 2.05) is 6.92 Å². The molecular formula is C10H17N3O3. The van der Waals surface area contributed by atoms with E-state index in [1.54, 1.807) is 17.0 Å². The van der Waals surface area contributed by atoms with Crippen molar-refractivity contribution in [2.45, 2.75) is 26.4 Å². The van der Waals surface area contributed by atoms with Crippen LogP contribution in [0.2, 0.25) is 0 Å². The van der Waals surface area contributed by atoms with Crippen LogP contribution < -0.4 is 11.0 Å². The largest absolute Gasteiger partial charge is 0.395 e. The molecule has 0 saturated heterocycles. The highest BCUT2D eigenvalue weighted by Crippen LogP contribution is 1.88. The van der Waals surface area contributed by atoms with Crippen LogP contribution in [-0.4, -0.2) is 33.3 Å². The average Bonchev–Trinajstić information content (AvgIpc) is 2.59. The van der Waals surface area contributed by atoms with E-state index >= 15 is 0 Å². The number of rotatable bonds is 6. The molecule has 0 aliphatic rings. The molecule has 0 saturated carbocycles. The van der Waals surface area contributed by atoms with Crippen LogP contribution in [0.5, 0.6) is 0 Å². The normalized spacial score (nSPS) is 10.4. The first-order chi connectivity index (χ1) is 7.69. The lowest BCUT2D eigenvalue weighted by molar-refractivity contribution is -0.121. The van der Waals surface area contributed by atoms with Gasteiger partial charge in [0.25, 0.3) is 0 Å². The van der Waals surface area contributed by atoms with Crippen molar-refractivity contribution in [1.29, 1.82) is 0 Å². The summed E-state index contributed by atoms with van der Waals surface area (Å²) in [6.45, 7) is 2.75. The van der Waals surface area contributed by atoms with Gasteiger partial charge in [0.2, 0.25) is 5.91 Å². The van der Waals surface area contributed by atoms with E-state index in [4.69, 9.17) is 5.11 Å². The Kier molecular flexibility index (Phi) is 4.78. The van der Waals surface area contributed by atoms with Gasteiger partial charge >= 0.3 is 5.69 Å². The molecule has 90 valence electrons. The second-order valence-electron chi connectivity index (χ2n) is 3.48. The van der Waals surface area contributed by atoms with E-state index < -0.39 is 0 Å². The molecule has 0 radical (unpaired) electrons. The quantitative estimate of drug-likeness (QED) is 0.666. The lowest BCUT2D eigenvalue weighted by Crippen LogP contribution is -2.34. The van der Waals surface area contributed by atoms with Crippen LogP contribution in [0.15, 0.2) is 17.2 Å². The number of hydrogen-bond acceptors (Lipinski definition) is 3. The number of hydrogen-bond donors (Lipinski definition) is 2. The maximum absolute atomic E-state index is 11.7. The lowest BCUT2D eigenvalue weighted by Gasteiger charge is -2.03. The number of carbonyl (C=O) groups is 1. The Bertz CT molecular complexity index is 394. The monoisotopic (exact) mass is 227 g/mol. The van der Waals surface area contributed by atoms with E-state index in [0.717, 1.165) is 6.42 Å². The summed E-state index contributed by atoms with van der Waals surface area (Å²) >= 11 is 0. The zero-order chi connectivity index (χ0) is 12.0. The van der Waals surface area contributed by atoms with Gasteiger partial charge in [-0.05, 0) is 6.42 Å². The number of nitrogens with one attached hydrogen (secondary N) is 1. The Labute approximate surface area is 93.5 Å². The minimum absolute atomic E-state index is 0.00442. The number of carbonyl (C=O) groups excluding carboxylic acids is 1. The maximum atomic E-state index is 11.7. The number of nitrogens with zero attached hydrogens (tertiary/aromatic N) is 2. The van der Waals surface area contributed by atoms with Gasteiger partial charge in [0.1, 0.15) is 6.54 Å². The number of imidazole rings is 1. The number of aliphatic hydroxyl groups excluding tert-OH is 1. The van der Waals surface area contributed by atoms with Crippen LogP contribution in [0.4, 0.5) is 0 Å². The van der Waals surface area contributed by atoms with Crippen LogP contribution in [0, 0.1) is 0 Å². The van der Waals surface area contributed by atoms with E-state index in [9.17, 15) is 9.59 Å². The van der Waals surface area contributed by atoms with E-state index in [2.05, 4.69) is 5.32 Å². The SMILES string of the molecule is CCCn1ccn(CC(=O)NCCO)c1=O. The Balaban J connectivity index is 2.60. The van der Waals surface area contributed by atoms with E-state index in [0.29, 0.717) is 6.54 Å². The Morgan fingerprint density at radius 2 is 2.12 bits per heavy atom. The summed E-state index contributed by atoms with van der Waals surface area (Å²) < 4.78 is 2.92. The number of aromatic nitrogens is 2. The third-order valence-electron chi connectivity index (χ3n) is 2.13. The van der Waals surface area contributed by atoms with Gasteiger partial charge < -0.3 is 10.4 Å².